The molecule has 0 bridgehead atoms. The molecule has 0 unspecified atom stereocenters. The maximum Gasteiger partial charge on any atom is 0.404 e. The first-order valence-electron chi connectivity index (χ1n) is 17.1. The highest BCUT2D eigenvalue weighted by Gasteiger charge is 2.32. The molecular weight excluding hydrogens is 580 g/mol. The van der Waals surface area contributed by atoms with Gasteiger partial charge < -0.3 is 19.6 Å². The summed E-state index contributed by atoms with van der Waals surface area (Å²) in [5.74, 6) is 4.43. The molecule has 250 valence electrons. The van der Waals surface area contributed by atoms with Gasteiger partial charge in [0.05, 0.1) is 7.11 Å². The number of hydrogen-bond donors (Lipinski definition) is 2. The first-order valence-corrected chi connectivity index (χ1v) is 17.1. The van der Waals surface area contributed by atoms with Gasteiger partial charge in [-0.05, 0) is 113 Å². The van der Waals surface area contributed by atoms with Crippen molar-refractivity contribution in [1.82, 2.24) is 15.3 Å². The maximum absolute atomic E-state index is 13.9. The molecule has 3 aliphatic rings. The van der Waals surface area contributed by atoms with Crippen LogP contribution in [0.1, 0.15) is 115 Å². The number of amides is 2. The number of hydrogen-bond acceptors (Lipinski definition) is 6. The fraction of sp³-hybridized carbons (Fsp3) is 0.568. The fourth-order valence-electron chi connectivity index (χ4n) is 6.87. The van der Waals surface area contributed by atoms with E-state index in [1.165, 1.54) is 17.5 Å². The molecule has 3 fully saturated rings. The third kappa shape index (κ3) is 8.89. The lowest BCUT2D eigenvalue weighted by Crippen LogP contribution is -2.41. The molecule has 2 amide bonds. The van der Waals surface area contributed by atoms with Crippen LogP contribution in [0.15, 0.2) is 47.2 Å². The summed E-state index contributed by atoms with van der Waals surface area (Å²) >= 11 is 0. The quantitative estimate of drug-likeness (QED) is 0.242. The van der Waals surface area contributed by atoms with E-state index in [9.17, 15) is 9.59 Å². The average Bonchev–Trinajstić information content (AvgIpc) is 3.79. The Labute approximate surface area is 274 Å². The number of nitrogens with one attached hydrogen (secondary N) is 1. The Morgan fingerprint density at radius 2 is 1.74 bits per heavy atom. The van der Waals surface area contributed by atoms with Gasteiger partial charge in [0.25, 0.3) is 0 Å². The van der Waals surface area contributed by atoms with Gasteiger partial charge in [0, 0.05) is 37.6 Å². The normalized spacial score (nSPS) is 20.0. The third-order valence-corrected chi connectivity index (χ3v) is 9.58. The van der Waals surface area contributed by atoms with Crippen molar-refractivity contribution in [2.75, 3.05) is 18.6 Å². The van der Waals surface area contributed by atoms with E-state index in [0.717, 1.165) is 99.5 Å². The van der Waals surface area contributed by atoms with E-state index in [-0.39, 0.29) is 19.3 Å². The van der Waals surface area contributed by atoms with Crippen molar-refractivity contribution in [2.24, 2.45) is 11.8 Å². The molecule has 2 N–H and O–H groups in total. The second kappa shape index (κ2) is 15.6. The number of pyridine rings is 1. The SMILES string of the molecule is CC(C)NC(=O)O.COc1ccc(C2CCC(CN(C(=O)C3CCCCC3)c3cc(-c4coc(C5CC5)n4)ccn3)CC2)cc1C.[HH]. The van der Waals surface area contributed by atoms with Crippen molar-refractivity contribution in [2.45, 2.75) is 109 Å². The van der Waals surface area contributed by atoms with E-state index in [1.807, 2.05) is 23.2 Å². The monoisotopic (exact) mass is 632 g/mol. The van der Waals surface area contributed by atoms with Gasteiger partial charge >= 0.3 is 6.09 Å². The van der Waals surface area contributed by atoms with Crippen LogP contribution in [-0.4, -0.2) is 46.8 Å². The van der Waals surface area contributed by atoms with E-state index >= 15 is 0 Å². The molecule has 1 aromatic carbocycles. The number of methoxy groups -OCH3 is 1. The summed E-state index contributed by atoms with van der Waals surface area (Å²) in [5, 5.41) is 10.2. The van der Waals surface area contributed by atoms with Crippen LogP contribution in [0, 0.1) is 18.8 Å². The Morgan fingerprint density at radius 3 is 2.35 bits per heavy atom. The van der Waals surface area contributed by atoms with Crippen molar-refractivity contribution < 1.29 is 25.3 Å². The highest BCUT2D eigenvalue weighted by molar-refractivity contribution is 5.94. The van der Waals surface area contributed by atoms with Crippen molar-refractivity contribution in [3.05, 3.63) is 59.8 Å². The highest BCUT2D eigenvalue weighted by Crippen LogP contribution is 2.41. The second-order valence-corrected chi connectivity index (χ2v) is 13.6. The number of aryl methyl sites for hydroxylation is 1. The molecule has 0 atom stereocenters. The van der Waals surface area contributed by atoms with Crippen LogP contribution in [0.3, 0.4) is 0 Å². The minimum absolute atomic E-state index is 0. The number of ether oxygens (including phenoxy) is 1. The second-order valence-electron chi connectivity index (χ2n) is 13.6. The number of nitrogens with zero attached hydrogens (tertiary/aromatic N) is 3. The van der Waals surface area contributed by atoms with Crippen molar-refractivity contribution in [3.8, 4) is 17.0 Å². The number of aromatic nitrogens is 2. The molecule has 3 aromatic rings. The lowest BCUT2D eigenvalue weighted by Gasteiger charge is -2.35. The topological polar surface area (TPSA) is 118 Å². The largest absolute Gasteiger partial charge is 0.496 e. The van der Waals surface area contributed by atoms with Crippen LogP contribution in [-0.2, 0) is 4.79 Å². The number of carbonyl (C=O) groups is 2. The smallest absolute Gasteiger partial charge is 0.404 e. The number of benzene rings is 1. The van der Waals surface area contributed by atoms with Gasteiger partial charge in [-0.15, -0.1) is 0 Å². The molecule has 9 heteroatoms. The molecule has 3 saturated carbocycles. The highest BCUT2D eigenvalue weighted by atomic mass is 16.5. The number of rotatable bonds is 9. The van der Waals surface area contributed by atoms with Crippen LogP contribution in [0.2, 0.25) is 0 Å². The van der Waals surface area contributed by atoms with Crippen LogP contribution < -0.4 is 15.0 Å². The lowest BCUT2D eigenvalue weighted by atomic mass is 9.78. The molecule has 9 nitrogen and oxygen atoms in total. The Hall–Kier alpha value is -3.88. The molecule has 0 aliphatic heterocycles. The number of oxazole rings is 1. The zero-order chi connectivity index (χ0) is 32.6. The van der Waals surface area contributed by atoms with Crippen LogP contribution in [0.4, 0.5) is 10.6 Å². The maximum atomic E-state index is 13.9. The number of anilines is 1. The molecule has 0 radical (unpaired) electrons. The van der Waals surface area contributed by atoms with Crippen LogP contribution in [0.25, 0.3) is 11.3 Å². The number of carbonyl (C=O) groups excluding carboxylic acids is 1. The minimum Gasteiger partial charge on any atom is -0.496 e. The van der Waals surface area contributed by atoms with Crippen LogP contribution >= 0.6 is 0 Å². The summed E-state index contributed by atoms with van der Waals surface area (Å²) in [5.41, 5.74) is 4.41. The summed E-state index contributed by atoms with van der Waals surface area (Å²) in [6.45, 7) is 6.41. The average molecular weight is 633 g/mol. The molecule has 2 aromatic heterocycles. The summed E-state index contributed by atoms with van der Waals surface area (Å²) < 4.78 is 11.2. The van der Waals surface area contributed by atoms with Gasteiger partial charge in [0.15, 0.2) is 5.89 Å². The molecule has 6 rings (SSSR count). The van der Waals surface area contributed by atoms with Crippen molar-refractivity contribution in [3.63, 3.8) is 0 Å². The molecule has 0 saturated heterocycles. The zero-order valence-electron chi connectivity index (χ0n) is 27.8. The summed E-state index contributed by atoms with van der Waals surface area (Å²) in [6.07, 6.45) is 15.0. The molecular formula is C37H52N4O5. The fourth-order valence-corrected chi connectivity index (χ4v) is 6.87. The molecule has 2 heterocycles. The summed E-state index contributed by atoms with van der Waals surface area (Å²) in [6, 6.07) is 10.7. The standard InChI is InChI=1S/C33H41N3O3.C4H9NO2.H2/c1-22-18-27(14-15-30(22)38-2)24-10-8-23(9-11-24)20-36(33(37)26-6-4-3-5-7-26)31-19-28(16-17-34-31)29-21-39-32(35-29)25-12-13-25;1-3(2)5-4(6)7;/h14-19,21,23-26H,3-13,20H2,1-2H3;3,5H,1-2H3,(H,6,7);1H. The minimum atomic E-state index is -0.963. The Bertz CT molecular complexity index is 1460. The summed E-state index contributed by atoms with van der Waals surface area (Å²) in [4.78, 5) is 35.1. The van der Waals surface area contributed by atoms with Crippen molar-refractivity contribution in [1.29, 1.82) is 0 Å². The van der Waals surface area contributed by atoms with Gasteiger partial charge in [-0.2, -0.15) is 0 Å². The Morgan fingerprint density at radius 1 is 1.02 bits per heavy atom. The summed E-state index contributed by atoms with van der Waals surface area (Å²) in [7, 11) is 1.73. The van der Waals surface area contributed by atoms with E-state index in [4.69, 9.17) is 24.2 Å². The lowest BCUT2D eigenvalue weighted by molar-refractivity contribution is -0.123. The predicted molar refractivity (Wildman–Crippen MR) is 181 cm³/mol. The molecule has 0 spiro atoms. The zero-order valence-corrected chi connectivity index (χ0v) is 27.8. The van der Waals surface area contributed by atoms with Crippen LogP contribution in [0.5, 0.6) is 5.75 Å². The van der Waals surface area contributed by atoms with Gasteiger partial charge in [-0.1, -0.05) is 31.4 Å². The molecule has 3 aliphatic carbocycles. The van der Waals surface area contributed by atoms with E-state index in [0.29, 0.717) is 17.8 Å². The first kappa shape index (κ1) is 33.5. The Kier molecular flexibility index (Phi) is 11.4. The van der Waals surface area contributed by atoms with Gasteiger partial charge in [-0.25, -0.2) is 14.8 Å². The molecule has 46 heavy (non-hydrogen) atoms. The van der Waals surface area contributed by atoms with Gasteiger partial charge in [0.1, 0.15) is 23.5 Å². The third-order valence-electron chi connectivity index (χ3n) is 9.58. The van der Waals surface area contributed by atoms with E-state index < -0.39 is 6.09 Å². The van der Waals surface area contributed by atoms with Gasteiger partial charge in [-0.3, -0.25) is 9.69 Å². The van der Waals surface area contributed by atoms with E-state index in [2.05, 4.69) is 30.4 Å². The Balaban J connectivity index is 0.000000565. The predicted octanol–water partition coefficient (Wildman–Crippen LogP) is 8.73. The van der Waals surface area contributed by atoms with Gasteiger partial charge in [0.2, 0.25) is 5.91 Å². The van der Waals surface area contributed by atoms with Crippen molar-refractivity contribution >= 4 is 17.8 Å². The first-order chi connectivity index (χ1) is 22.2. The number of carboxylic acid groups (broad SMARTS) is 1. The van der Waals surface area contributed by atoms with E-state index in [1.54, 1.807) is 27.2 Å².